The minimum Gasteiger partial charge on any atom is -0.324 e. The summed E-state index contributed by atoms with van der Waals surface area (Å²) in [5.41, 5.74) is 3.63. The van der Waals surface area contributed by atoms with Gasteiger partial charge in [0.05, 0.1) is 5.69 Å². The summed E-state index contributed by atoms with van der Waals surface area (Å²) in [7, 11) is 0. The molecule has 4 rings (SSSR count). The highest BCUT2D eigenvalue weighted by Crippen LogP contribution is 2.41. The van der Waals surface area contributed by atoms with Crippen molar-refractivity contribution in [2.24, 2.45) is 0 Å². The number of nitrogens with zero attached hydrogens (tertiary/aromatic N) is 2. The molecular weight excluding hydrogens is 333 g/mol. The normalized spacial score (nSPS) is 12.4. The zero-order chi connectivity index (χ0) is 15.8. The Morgan fingerprint density at radius 2 is 2.09 bits per heavy atom. The van der Waals surface area contributed by atoms with E-state index in [1.807, 2.05) is 24.4 Å². The second kappa shape index (κ2) is 5.83. The molecule has 1 N–H and O–H groups in total. The van der Waals surface area contributed by atoms with Gasteiger partial charge in [-0.25, -0.2) is 14.4 Å². The molecule has 1 aliphatic heterocycles. The third-order valence-electron chi connectivity index (χ3n) is 3.53. The Hall–Kier alpha value is -2.11. The molecule has 2 heterocycles. The lowest BCUT2D eigenvalue weighted by Gasteiger charge is -2.19. The molecule has 0 spiro atoms. The molecule has 0 saturated carbocycles. The molecule has 6 heteroatoms. The summed E-state index contributed by atoms with van der Waals surface area (Å²) in [5.74, 6) is 0.953. The molecule has 114 valence electrons. The Balaban J connectivity index is 1.73. The van der Waals surface area contributed by atoms with Crippen LogP contribution in [0.2, 0.25) is 5.02 Å². The molecule has 1 aromatic heterocycles. The van der Waals surface area contributed by atoms with E-state index in [4.69, 9.17) is 11.6 Å². The average molecular weight is 344 g/mol. The molecule has 0 bridgehead atoms. The molecule has 0 unspecified atom stereocenters. The van der Waals surface area contributed by atoms with Crippen molar-refractivity contribution in [3.63, 3.8) is 0 Å². The van der Waals surface area contributed by atoms with Gasteiger partial charge in [0.15, 0.2) is 0 Å². The lowest BCUT2D eigenvalue weighted by Crippen LogP contribution is -2.04. The fraction of sp³-hybridized carbons (Fsp3) is 0.0588. The highest BCUT2D eigenvalue weighted by atomic mass is 35.5. The third kappa shape index (κ3) is 2.90. The molecule has 0 amide bonds. The number of benzene rings is 2. The molecular formula is C17H11ClFN3S. The van der Waals surface area contributed by atoms with E-state index in [0.717, 1.165) is 27.5 Å². The van der Waals surface area contributed by atoms with Crippen molar-refractivity contribution in [2.45, 2.75) is 10.6 Å². The Kier molecular flexibility index (Phi) is 3.67. The van der Waals surface area contributed by atoms with Crippen LogP contribution in [0, 0.1) is 5.82 Å². The first-order valence-electron chi connectivity index (χ1n) is 7.00. The van der Waals surface area contributed by atoms with Crippen LogP contribution >= 0.6 is 23.4 Å². The van der Waals surface area contributed by atoms with E-state index in [2.05, 4.69) is 15.3 Å². The molecule has 1 aliphatic rings. The van der Waals surface area contributed by atoms with Crippen molar-refractivity contribution in [1.82, 2.24) is 9.97 Å². The summed E-state index contributed by atoms with van der Waals surface area (Å²) >= 11 is 7.79. The van der Waals surface area contributed by atoms with Crippen LogP contribution in [0.4, 0.5) is 16.0 Å². The molecule has 0 atom stereocenters. The molecule has 0 aliphatic carbocycles. The number of rotatable bonds is 2. The zero-order valence-corrected chi connectivity index (χ0v) is 13.5. The van der Waals surface area contributed by atoms with E-state index in [1.165, 1.54) is 12.1 Å². The topological polar surface area (TPSA) is 37.8 Å². The van der Waals surface area contributed by atoms with Crippen molar-refractivity contribution in [3.05, 3.63) is 65.1 Å². The van der Waals surface area contributed by atoms with Gasteiger partial charge in [-0.2, -0.15) is 0 Å². The maximum absolute atomic E-state index is 13.3. The van der Waals surface area contributed by atoms with E-state index in [1.54, 1.807) is 23.9 Å². The number of hydrogen-bond donors (Lipinski definition) is 1. The SMILES string of the molecule is Fc1cccc(Nc2ncc3c(n2)-c2ccc(Cl)cc2SC3)c1. The number of halogens is 2. The first-order chi connectivity index (χ1) is 11.2. The average Bonchev–Trinajstić information content (AvgIpc) is 2.54. The summed E-state index contributed by atoms with van der Waals surface area (Å²) in [4.78, 5) is 10.0. The van der Waals surface area contributed by atoms with Gasteiger partial charge in [0.25, 0.3) is 0 Å². The lowest BCUT2D eigenvalue weighted by atomic mass is 10.1. The first kappa shape index (κ1) is 14.5. The largest absolute Gasteiger partial charge is 0.324 e. The molecule has 0 fully saturated rings. The fourth-order valence-electron chi connectivity index (χ4n) is 2.47. The van der Waals surface area contributed by atoms with Gasteiger partial charge in [-0.3, -0.25) is 0 Å². The number of fused-ring (bicyclic) bond motifs is 3. The maximum atomic E-state index is 13.3. The second-order valence-corrected chi connectivity index (χ2v) is 6.59. The molecule has 0 radical (unpaired) electrons. The molecule has 2 aromatic carbocycles. The Morgan fingerprint density at radius 1 is 1.17 bits per heavy atom. The van der Waals surface area contributed by atoms with Gasteiger partial charge in [0.2, 0.25) is 5.95 Å². The van der Waals surface area contributed by atoms with Crippen LogP contribution in [0.15, 0.2) is 53.6 Å². The Labute approximate surface area is 141 Å². The highest BCUT2D eigenvalue weighted by Gasteiger charge is 2.19. The molecule has 3 nitrogen and oxygen atoms in total. The van der Waals surface area contributed by atoms with Gasteiger partial charge in [-0.15, -0.1) is 11.8 Å². The zero-order valence-electron chi connectivity index (χ0n) is 11.9. The van der Waals surface area contributed by atoms with Crippen molar-refractivity contribution in [2.75, 3.05) is 5.32 Å². The number of thioether (sulfide) groups is 1. The number of nitrogens with one attached hydrogen (secondary N) is 1. The highest BCUT2D eigenvalue weighted by molar-refractivity contribution is 7.98. The van der Waals surface area contributed by atoms with Crippen molar-refractivity contribution in [3.8, 4) is 11.3 Å². The number of aromatic nitrogens is 2. The summed E-state index contributed by atoms with van der Waals surface area (Å²) in [5, 5.41) is 3.76. The number of anilines is 2. The van der Waals surface area contributed by atoms with Gasteiger partial charge >= 0.3 is 0 Å². The summed E-state index contributed by atoms with van der Waals surface area (Å²) < 4.78 is 13.3. The van der Waals surface area contributed by atoms with E-state index in [9.17, 15) is 4.39 Å². The van der Waals surface area contributed by atoms with Crippen LogP contribution in [0.25, 0.3) is 11.3 Å². The van der Waals surface area contributed by atoms with Crippen LogP contribution in [-0.2, 0) is 5.75 Å². The Bertz CT molecular complexity index is 901. The Morgan fingerprint density at radius 3 is 2.96 bits per heavy atom. The predicted molar refractivity (Wildman–Crippen MR) is 91.7 cm³/mol. The van der Waals surface area contributed by atoms with Crippen LogP contribution in [0.3, 0.4) is 0 Å². The molecule has 3 aromatic rings. The van der Waals surface area contributed by atoms with Crippen LogP contribution in [-0.4, -0.2) is 9.97 Å². The maximum Gasteiger partial charge on any atom is 0.227 e. The van der Waals surface area contributed by atoms with Crippen LogP contribution in [0.1, 0.15) is 5.56 Å². The van der Waals surface area contributed by atoms with Gasteiger partial charge in [0.1, 0.15) is 5.82 Å². The van der Waals surface area contributed by atoms with Crippen molar-refractivity contribution in [1.29, 1.82) is 0 Å². The smallest absolute Gasteiger partial charge is 0.227 e. The van der Waals surface area contributed by atoms with E-state index < -0.39 is 0 Å². The lowest BCUT2D eigenvalue weighted by molar-refractivity contribution is 0.628. The van der Waals surface area contributed by atoms with Gasteiger partial charge in [0, 0.05) is 38.7 Å². The minimum absolute atomic E-state index is 0.302. The summed E-state index contributed by atoms with van der Waals surface area (Å²) in [6.07, 6.45) is 1.81. The van der Waals surface area contributed by atoms with Crippen molar-refractivity contribution < 1.29 is 4.39 Å². The van der Waals surface area contributed by atoms with Gasteiger partial charge in [-0.1, -0.05) is 23.7 Å². The van der Waals surface area contributed by atoms with Gasteiger partial charge in [-0.05, 0) is 30.3 Å². The van der Waals surface area contributed by atoms with Crippen LogP contribution in [0.5, 0.6) is 0 Å². The fourth-order valence-corrected chi connectivity index (χ4v) is 3.76. The van der Waals surface area contributed by atoms with Crippen molar-refractivity contribution >= 4 is 35.0 Å². The van der Waals surface area contributed by atoms with E-state index in [0.29, 0.717) is 16.7 Å². The molecule has 23 heavy (non-hydrogen) atoms. The monoisotopic (exact) mass is 343 g/mol. The van der Waals surface area contributed by atoms with Crippen LogP contribution < -0.4 is 5.32 Å². The summed E-state index contributed by atoms with van der Waals surface area (Å²) in [6.45, 7) is 0. The first-order valence-corrected chi connectivity index (χ1v) is 8.36. The van der Waals surface area contributed by atoms with E-state index >= 15 is 0 Å². The summed E-state index contributed by atoms with van der Waals surface area (Å²) in [6, 6.07) is 12.0. The third-order valence-corrected chi connectivity index (χ3v) is 4.87. The predicted octanol–water partition coefficient (Wildman–Crippen LogP) is 5.29. The van der Waals surface area contributed by atoms with E-state index in [-0.39, 0.29) is 5.82 Å². The quantitative estimate of drug-likeness (QED) is 0.686. The second-order valence-electron chi connectivity index (χ2n) is 5.13. The molecule has 0 saturated heterocycles. The number of hydrogen-bond acceptors (Lipinski definition) is 4. The van der Waals surface area contributed by atoms with Gasteiger partial charge < -0.3 is 5.32 Å². The standard InChI is InChI=1S/C17H11ClFN3S/c18-11-4-5-14-15(6-11)23-9-10-8-20-17(22-16(10)14)21-13-3-1-2-12(19)7-13/h1-8H,9H2,(H,20,21,22). The minimum atomic E-state index is -0.302.